The molecule has 0 fully saturated rings. The Morgan fingerprint density at radius 2 is 2.27 bits per heavy atom. The molecule has 4 nitrogen and oxygen atoms in total. The van der Waals surface area contributed by atoms with E-state index in [1.807, 2.05) is 0 Å². The average Bonchev–Trinajstić information content (AvgIpc) is 2.56. The Morgan fingerprint density at radius 1 is 1.47 bits per heavy atom. The molecular formula is C11H20N4. The number of aryl methyl sites for hydroxylation is 1. The fourth-order valence-electron chi connectivity index (χ4n) is 1.94. The smallest absolute Gasteiger partial charge is 0.152 e. The first-order valence-corrected chi connectivity index (χ1v) is 5.72. The molecule has 0 saturated carbocycles. The monoisotopic (exact) mass is 208 g/mol. The van der Waals surface area contributed by atoms with Crippen molar-refractivity contribution in [3.05, 3.63) is 11.6 Å². The van der Waals surface area contributed by atoms with E-state index in [0.717, 1.165) is 37.7 Å². The second kappa shape index (κ2) is 4.31. The highest BCUT2D eigenvalue weighted by Gasteiger charge is 2.18. The Morgan fingerprint density at radius 3 is 3.00 bits per heavy atom. The summed E-state index contributed by atoms with van der Waals surface area (Å²) in [6.45, 7) is 4.36. The minimum absolute atomic E-state index is 0.767. The van der Waals surface area contributed by atoms with Crippen LogP contribution < -0.4 is 0 Å². The van der Waals surface area contributed by atoms with Crippen LogP contribution >= 0.6 is 0 Å². The first-order chi connectivity index (χ1) is 7.15. The van der Waals surface area contributed by atoms with E-state index in [2.05, 4.69) is 40.7 Å². The highest BCUT2D eigenvalue weighted by atomic mass is 15.4. The Kier molecular flexibility index (Phi) is 3.05. The molecule has 0 spiro atoms. The number of hydrogen-bond donors (Lipinski definition) is 0. The minimum atomic E-state index is 0.767. The Labute approximate surface area is 91.3 Å². The Hall–Kier alpha value is -0.900. The number of aromatic nitrogens is 3. The second-order valence-corrected chi connectivity index (χ2v) is 4.82. The van der Waals surface area contributed by atoms with Gasteiger partial charge in [0.1, 0.15) is 5.82 Å². The summed E-state index contributed by atoms with van der Waals surface area (Å²) in [5.74, 6) is 2.96. The number of fused-ring (bicyclic) bond motifs is 1. The molecule has 0 N–H and O–H groups in total. The third kappa shape index (κ3) is 2.56. The third-order valence-corrected chi connectivity index (χ3v) is 2.94. The molecule has 1 aromatic heterocycles. The molecular weight excluding hydrogens is 188 g/mol. The van der Waals surface area contributed by atoms with E-state index in [0.29, 0.717) is 0 Å². The summed E-state index contributed by atoms with van der Waals surface area (Å²) in [5.41, 5.74) is 0. The van der Waals surface area contributed by atoms with Crippen LogP contribution in [0.4, 0.5) is 0 Å². The maximum atomic E-state index is 4.60. The van der Waals surface area contributed by atoms with E-state index in [1.54, 1.807) is 0 Å². The normalized spacial score (nSPS) is 20.7. The van der Waals surface area contributed by atoms with Gasteiger partial charge in [-0.05, 0) is 26.4 Å². The SMILES string of the molecule is CC1CCn2nc(CCN(C)C)nc2C1. The molecule has 0 aliphatic carbocycles. The van der Waals surface area contributed by atoms with Crippen LogP contribution in [0, 0.1) is 5.92 Å². The highest BCUT2D eigenvalue weighted by Crippen LogP contribution is 2.17. The molecule has 1 aliphatic rings. The van der Waals surface area contributed by atoms with Crippen molar-refractivity contribution in [2.24, 2.45) is 5.92 Å². The molecule has 0 bridgehead atoms. The van der Waals surface area contributed by atoms with Crippen LogP contribution in [0.25, 0.3) is 0 Å². The summed E-state index contributed by atoms with van der Waals surface area (Å²) in [7, 11) is 4.16. The van der Waals surface area contributed by atoms with E-state index >= 15 is 0 Å². The van der Waals surface area contributed by atoms with E-state index in [9.17, 15) is 0 Å². The van der Waals surface area contributed by atoms with Gasteiger partial charge < -0.3 is 4.90 Å². The van der Waals surface area contributed by atoms with Crippen molar-refractivity contribution in [2.75, 3.05) is 20.6 Å². The number of rotatable bonds is 3. The van der Waals surface area contributed by atoms with Crippen LogP contribution in [0.15, 0.2) is 0 Å². The van der Waals surface area contributed by atoms with Crippen molar-refractivity contribution >= 4 is 0 Å². The van der Waals surface area contributed by atoms with Crippen molar-refractivity contribution in [3.63, 3.8) is 0 Å². The van der Waals surface area contributed by atoms with Crippen molar-refractivity contribution < 1.29 is 0 Å². The largest absolute Gasteiger partial charge is 0.309 e. The van der Waals surface area contributed by atoms with Gasteiger partial charge in [-0.1, -0.05) is 6.92 Å². The van der Waals surface area contributed by atoms with Crippen molar-refractivity contribution in [2.45, 2.75) is 32.7 Å². The minimum Gasteiger partial charge on any atom is -0.309 e. The van der Waals surface area contributed by atoms with Gasteiger partial charge in [0.2, 0.25) is 0 Å². The van der Waals surface area contributed by atoms with E-state index in [1.165, 1.54) is 12.2 Å². The average molecular weight is 208 g/mol. The highest BCUT2D eigenvalue weighted by molar-refractivity contribution is 4.97. The van der Waals surface area contributed by atoms with E-state index in [4.69, 9.17) is 0 Å². The van der Waals surface area contributed by atoms with Gasteiger partial charge >= 0.3 is 0 Å². The van der Waals surface area contributed by atoms with Crippen molar-refractivity contribution in [1.82, 2.24) is 19.7 Å². The predicted octanol–water partition coefficient (Wildman–Crippen LogP) is 0.964. The van der Waals surface area contributed by atoms with Crippen LogP contribution in [0.5, 0.6) is 0 Å². The standard InChI is InChI=1S/C11H20N4/c1-9-4-7-15-11(8-9)12-10(13-15)5-6-14(2)3/h9H,4-8H2,1-3H3. The number of nitrogens with zero attached hydrogens (tertiary/aromatic N) is 4. The van der Waals surface area contributed by atoms with Crippen molar-refractivity contribution in [1.29, 1.82) is 0 Å². The fraction of sp³-hybridized carbons (Fsp3) is 0.818. The van der Waals surface area contributed by atoms with Gasteiger partial charge in [-0.3, -0.25) is 0 Å². The summed E-state index contributed by atoms with van der Waals surface area (Å²) in [6.07, 6.45) is 3.29. The van der Waals surface area contributed by atoms with Gasteiger partial charge in [0.25, 0.3) is 0 Å². The summed E-state index contributed by atoms with van der Waals surface area (Å²) >= 11 is 0. The molecule has 15 heavy (non-hydrogen) atoms. The number of likely N-dealkylation sites (N-methyl/N-ethyl adjacent to an activating group) is 1. The molecule has 0 aromatic carbocycles. The molecule has 1 aromatic rings. The lowest BCUT2D eigenvalue weighted by molar-refractivity contribution is 0.384. The van der Waals surface area contributed by atoms with Crippen LogP contribution in [0.2, 0.25) is 0 Å². The van der Waals surface area contributed by atoms with Crippen LogP contribution in [0.3, 0.4) is 0 Å². The van der Waals surface area contributed by atoms with Crippen LogP contribution in [-0.4, -0.2) is 40.3 Å². The zero-order valence-corrected chi connectivity index (χ0v) is 9.90. The summed E-state index contributed by atoms with van der Waals surface area (Å²) in [4.78, 5) is 6.77. The first kappa shape index (κ1) is 10.6. The summed E-state index contributed by atoms with van der Waals surface area (Å²) in [5, 5.41) is 4.54. The topological polar surface area (TPSA) is 34.0 Å². The molecule has 1 unspecified atom stereocenters. The number of hydrogen-bond acceptors (Lipinski definition) is 3. The van der Waals surface area contributed by atoms with E-state index in [-0.39, 0.29) is 0 Å². The van der Waals surface area contributed by atoms with Gasteiger partial charge in [0, 0.05) is 25.9 Å². The van der Waals surface area contributed by atoms with Gasteiger partial charge in [-0.2, -0.15) is 5.10 Å². The third-order valence-electron chi connectivity index (χ3n) is 2.94. The zero-order valence-electron chi connectivity index (χ0n) is 9.90. The molecule has 0 radical (unpaired) electrons. The first-order valence-electron chi connectivity index (χ1n) is 5.72. The lowest BCUT2D eigenvalue weighted by atomic mass is 10.0. The molecule has 0 saturated heterocycles. The zero-order chi connectivity index (χ0) is 10.8. The molecule has 84 valence electrons. The predicted molar refractivity (Wildman–Crippen MR) is 59.8 cm³/mol. The molecule has 2 rings (SSSR count). The summed E-state index contributed by atoms with van der Waals surface area (Å²) in [6, 6.07) is 0. The van der Waals surface area contributed by atoms with Crippen LogP contribution in [-0.2, 0) is 19.4 Å². The molecule has 1 atom stereocenters. The fourth-order valence-corrected chi connectivity index (χ4v) is 1.94. The van der Waals surface area contributed by atoms with Gasteiger partial charge in [-0.15, -0.1) is 0 Å². The maximum Gasteiger partial charge on any atom is 0.152 e. The van der Waals surface area contributed by atoms with Gasteiger partial charge in [0.15, 0.2) is 5.82 Å². The lowest BCUT2D eigenvalue weighted by Gasteiger charge is -2.17. The molecule has 0 amide bonds. The Bertz CT molecular complexity index is 329. The van der Waals surface area contributed by atoms with Gasteiger partial charge in [0.05, 0.1) is 0 Å². The van der Waals surface area contributed by atoms with Crippen molar-refractivity contribution in [3.8, 4) is 0 Å². The molecule has 2 heterocycles. The van der Waals surface area contributed by atoms with Crippen LogP contribution in [0.1, 0.15) is 25.0 Å². The van der Waals surface area contributed by atoms with Gasteiger partial charge in [-0.25, -0.2) is 9.67 Å². The van der Waals surface area contributed by atoms with E-state index < -0.39 is 0 Å². The molecule has 4 heteroatoms. The Balaban J connectivity index is 2.03. The molecule has 1 aliphatic heterocycles. The second-order valence-electron chi connectivity index (χ2n) is 4.82. The maximum absolute atomic E-state index is 4.60. The lowest BCUT2D eigenvalue weighted by Crippen LogP contribution is -2.18. The summed E-state index contributed by atoms with van der Waals surface area (Å²) < 4.78 is 2.09. The quantitative estimate of drug-likeness (QED) is 0.742.